The van der Waals surface area contributed by atoms with Crippen LogP contribution in [0.4, 0.5) is 18.3 Å². The van der Waals surface area contributed by atoms with E-state index < -0.39 is 28.5 Å². The second-order valence-electron chi connectivity index (χ2n) is 6.87. The fourth-order valence-corrected chi connectivity index (χ4v) is 4.88. The van der Waals surface area contributed by atoms with E-state index in [1.54, 1.807) is 9.88 Å². The number of thiazole rings is 1. The summed E-state index contributed by atoms with van der Waals surface area (Å²) in [7, 11) is 0. The van der Waals surface area contributed by atoms with E-state index in [1.165, 1.54) is 0 Å². The molecule has 0 spiro atoms. The van der Waals surface area contributed by atoms with Gasteiger partial charge in [-0.25, -0.2) is 4.98 Å². The van der Waals surface area contributed by atoms with Gasteiger partial charge in [0.15, 0.2) is 10.6 Å². The number of pyridine rings is 1. The number of halogens is 4. The molecule has 1 aliphatic rings. The number of aromatic nitrogens is 2. The van der Waals surface area contributed by atoms with Gasteiger partial charge in [0.2, 0.25) is 5.91 Å². The Balaban J connectivity index is 1.61. The predicted molar refractivity (Wildman–Crippen MR) is 109 cm³/mol. The number of fused-ring (bicyclic) bond motifs is 1. The third kappa shape index (κ3) is 3.89. The minimum absolute atomic E-state index is 0.0434. The lowest BCUT2D eigenvalue weighted by molar-refractivity contribution is -0.141. The summed E-state index contributed by atoms with van der Waals surface area (Å²) in [6, 6.07) is 8.91. The lowest BCUT2D eigenvalue weighted by atomic mass is 10.2. The normalized spacial score (nSPS) is 16.9. The third-order valence-electron chi connectivity index (χ3n) is 4.88. The standard InChI is InChI=1S/C19H16ClF3N4O2S/c20-12-14-13(17(29)26-15(12)19(21,22)23)25-18(30-14)27-8-4-7-11(27)16(28)24-9-10-5-2-1-3-6-10/h1-3,5-6,11H,4,7-9H2,(H,24,28)(H,26,29). The van der Waals surface area contributed by atoms with Crippen LogP contribution < -0.4 is 15.8 Å². The zero-order valence-electron chi connectivity index (χ0n) is 15.4. The molecule has 3 heterocycles. The number of rotatable bonds is 4. The monoisotopic (exact) mass is 456 g/mol. The Morgan fingerprint density at radius 1 is 1.33 bits per heavy atom. The highest BCUT2D eigenvalue weighted by molar-refractivity contribution is 7.22. The summed E-state index contributed by atoms with van der Waals surface area (Å²) in [6.07, 6.45) is -3.49. The van der Waals surface area contributed by atoms with Crippen molar-refractivity contribution in [1.82, 2.24) is 15.3 Å². The number of hydrogen-bond donors (Lipinski definition) is 2. The largest absolute Gasteiger partial charge is 0.432 e. The molecule has 1 saturated heterocycles. The molecule has 1 amide bonds. The number of nitrogens with one attached hydrogen (secondary N) is 2. The van der Waals surface area contributed by atoms with E-state index >= 15 is 0 Å². The van der Waals surface area contributed by atoms with Crippen molar-refractivity contribution in [2.75, 3.05) is 11.4 Å². The van der Waals surface area contributed by atoms with Crippen molar-refractivity contribution in [2.24, 2.45) is 0 Å². The van der Waals surface area contributed by atoms with Crippen LogP contribution in [-0.2, 0) is 17.5 Å². The van der Waals surface area contributed by atoms with Crippen molar-refractivity contribution in [1.29, 1.82) is 0 Å². The molecule has 0 bridgehead atoms. The molecule has 0 saturated carbocycles. The van der Waals surface area contributed by atoms with Crippen molar-refractivity contribution < 1.29 is 18.0 Å². The second-order valence-corrected chi connectivity index (χ2v) is 8.23. The lowest BCUT2D eigenvalue weighted by Gasteiger charge is -2.23. The zero-order valence-corrected chi connectivity index (χ0v) is 17.0. The van der Waals surface area contributed by atoms with Gasteiger partial charge in [-0.1, -0.05) is 53.3 Å². The Labute approximate surface area is 177 Å². The Morgan fingerprint density at radius 2 is 2.07 bits per heavy atom. The predicted octanol–water partition coefficient (Wildman–Crippen LogP) is 3.94. The highest BCUT2D eigenvalue weighted by Crippen LogP contribution is 2.40. The number of nitrogens with zero attached hydrogens (tertiary/aromatic N) is 2. The molecule has 0 radical (unpaired) electrons. The molecule has 1 aromatic carbocycles. The first-order chi connectivity index (χ1) is 14.3. The lowest BCUT2D eigenvalue weighted by Crippen LogP contribution is -2.43. The van der Waals surface area contributed by atoms with E-state index in [1.807, 2.05) is 30.3 Å². The van der Waals surface area contributed by atoms with Crippen molar-refractivity contribution in [3.05, 3.63) is 57.0 Å². The molecular weight excluding hydrogens is 441 g/mol. The van der Waals surface area contributed by atoms with Crippen LogP contribution >= 0.6 is 22.9 Å². The first-order valence-corrected chi connectivity index (χ1v) is 10.3. The average Bonchev–Trinajstić information content (AvgIpc) is 3.36. The van der Waals surface area contributed by atoms with E-state index in [9.17, 15) is 22.8 Å². The average molecular weight is 457 g/mol. The minimum atomic E-state index is -4.79. The van der Waals surface area contributed by atoms with Crippen LogP contribution in [0.15, 0.2) is 35.1 Å². The van der Waals surface area contributed by atoms with Crippen molar-refractivity contribution in [3.63, 3.8) is 0 Å². The fraction of sp³-hybridized carbons (Fsp3) is 0.316. The molecule has 2 N–H and O–H groups in total. The van der Waals surface area contributed by atoms with E-state index in [0.717, 1.165) is 23.3 Å². The van der Waals surface area contributed by atoms with Crippen LogP contribution in [0.5, 0.6) is 0 Å². The Morgan fingerprint density at radius 3 is 2.77 bits per heavy atom. The van der Waals surface area contributed by atoms with Gasteiger partial charge in [0.05, 0.1) is 9.72 Å². The summed E-state index contributed by atoms with van der Waals surface area (Å²) in [6.45, 7) is 0.870. The molecule has 1 unspecified atom stereocenters. The van der Waals surface area contributed by atoms with Gasteiger partial charge in [-0.05, 0) is 18.4 Å². The van der Waals surface area contributed by atoms with E-state index in [-0.39, 0.29) is 16.1 Å². The number of alkyl halides is 3. The summed E-state index contributed by atoms with van der Waals surface area (Å²) in [5.74, 6) is -0.202. The molecule has 0 aliphatic carbocycles. The van der Waals surface area contributed by atoms with Gasteiger partial charge < -0.3 is 15.2 Å². The van der Waals surface area contributed by atoms with Gasteiger partial charge in [0, 0.05) is 13.1 Å². The SMILES string of the molecule is O=C(NCc1ccccc1)C1CCCN1c1nc2c(=O)[nH]c(C(F)(F)F)c(Cl)c2s1. The van der Waals surface area contributed by atoms with Gasteiger partial charge in [-0.15, -0.1) is 0 Å². The molecule has 4 rings (SSSR count). The zero-order chi connectivity index (χ0) is 21.5. The first kappa shape index (κ1) is 20.7. The van der Waals surface area contributed by atoms with Crippen molar-refractivity contribution >= 4 is 44.2 Å². The number of carbonyl (C=O) groups is 1. The molecule has 1 atom stereocenters. The van der Waals surface area contributed by atoms with Crippen LogP contribution in [-0.4, -0.2) is 28.5 Å². The second kappa shape index (κ2) is 7.92. The number of benzene rings is 1. The summed E-state index contributed by atoms with van der Waals surface area (Å²) < 4.78 is 39.3. The van der Waals surface area contributed by atoms with E-state index in [0.29, 0.717) is 24.6 Å². The van der Waals surface area contributed by atoms with Crippen LogP contribution in [0.3, 0.4) is 0 Å². The van der Waals surface area contributed by atoms with Crippen LogP contribution in [0, 0.1) is 0 Å². The molecule has 2 aromatic heterocycles. The fourth-order valence-electron chi connectivity index (χ4n) is 3.44. The molecule has 11 heteroatoms. The number of anilines is 1. The molecule has 3 aromatic rings. The minimum Gasteiger partial charge on any atom is -0.350 e. The van der Waals surface area contributed by atoms with Crippen LogP contribution in [0.2, 0.25) is 5.02 Å². The van der Waals surface area contributed by atoms with E-state index in [4.69, 9.17) is 11.6 Å². The van der Waals surface area contributed by atoms with Gasteiger partial charge in [0.1, 0.15) is 11.7 Å². The number of hydrogen-bond acceptors (Lipinski definition) is 5. The number of aromatic amines is 1. The smallest absolute Gasteiger partial charge is 0.350 e. The summed E-state index contributed by atoms with van der Waals surface area (Å²) >= 11 is 6.80. The first-order valence-electron chi connectivity index (χ1n) is 9.13. The molecule has 1 aliphatic heterocycles. The Kier molecular flexibility index (Phi) is 5.46. The topological polar surface area (TPSA) is 78.1 Å². The Hall–Kier alpha value is -2.59. The number of amides is 1. The maximum Gasteiger partial charge on any atom is 0.432 e. The van der Waals surface area contributed by atoms with E-state index in [2.05, 4.69) is 10.3 Å². The molecule has 30 heavy (non-hydrogen) atoms. The van der Waals surface area contributed by atoms with Crippen LogP contribution in [0.25, 0.3) is 10.2 Å². The number of carbonyl (C=O) groups excluding carboxylic acids is 1. The third-order valence-corrected chi connectivity index (χ3v) is 6.48. The summed E-state index contributed by atoms with van der Waals surface area (Å²) in [5.41, 5.74) is -1.47. The summed E-state index contributed by atoms with van der Waals surface area (Å²) in [5, 5.41) is 2.59. The van der Waals surface area contributed by atoms with Crippen molar-refractivity contribution in [3.8, 4) is 0 Å². The molecule has 6 nitrogen and oxygen atoms in total. The number of H-pyrrole nitrogens is 1. The molecule has 158 valence electrons. The highest BCUT2D eigenvalue weighted by atomic mass is 35.5. The maximum atomic E-state index is 13.1. The Bertz CT molecular complexity index is 1150. The van der Waals surface area contributed by atoms with Gasteiger partial charge in [-0.3, -0.25) is 9.59 Å². The van der Waals surface area contributed by atoms with Gasteiger partial charge in [0.25, 0.3) is 5.56 Å². The maximum absolute atomic E-state index is 13.1. The van der Waals surface area contributed by atoms with Gasteiger partial charge >= 0.3 is 6.18 Å². The van der Waals surface area contributed by atoms with Gasteiger partial charge in [-0.2, -0.15) is 13.2 Å². The van der Waals surface area contributed by atoms with Crippen molar-refractivity contribution in [2.45, 2.75) is 31.6 Å². The summed E-state index contributed by atoms with van der Waals surface area (Å²) in [4.78, 5) is 32.5. The van der Waals surface area contributed by atoms with Crippen LogP contribution in [0.1, 0.15) is 24.1 Å². The molecule has 1 fully saturated rings. The molecular formula is C19H16ClF3N4O2S. The highest BCUT2D eigenvalue weighted by Gasteiger charge is 2.38. The quantitative estimate of drug-likeness (QED) is 0.623.